The van der Waals surface area contributed by atoms with Crippen molar-refractivity contribution in [2.75, 3.05) is 31.6 Å². The van der Waals surface area contributed by atoms with E-state index in [1.165, 1.54) is 42.3 Å². The van der Waals surface area contributed by atoms with Gasteiger partial charge in [-0.2, -0.15) is 0 Å². The molecule has 2 aliphatic heterocycles. The zero-order valence-corrected chi connectivity index (χ0v) is 21.4. The number of benzene rings is 3. The van der Waals surface area contributed by atoms with Crippen molar-refractivity contribution in [3.63, 3.8) is 0 Å². The van der Waals surface area contributed by atoms with Crippen LogP contribution in [0.3, 0.4) is 0 Å². The molecule has 1 amide bonds. The number of aliphatic imine (C=N–C) groups is 1. The van der Waals surface area contributed by atoms with Gasteiger partial charge in [-0.25, -0.2) is 4.99 Å². The van der Waals surface area contributed by atoms with Gasteiger partial charge in [-0.15, -0.1) is 0 Å². The molecule has 0 spiro atoms. The summed E-state index contributed by atoms with van der Waals surface area (Å²) >= 11 is 1.42. The lowest BCUT2D eigenvalue weighted by atomic mass is 10.1. The van der Waals surface area contributed by atoms with E-state index < -0.39 is 0 Å². The number of ether oxygens (including phenoxy) is 1. The number of hydrogen-bond donors (Lipinski definition) is 0. The number of thioether (sulfide) groups is 1. The number of amidine groups is 1. The van der Waals surface area contributed by atoms with Crippen LogP contribution in [0.15, 0.2) is 88.8 Å². The number of piperidine rings is 1. The Morgan fingerprint density at radius 1 is 0.944 bits per heavy atom. The largest absolute Gasteiger partial charge is 0.496 e. The molecule has 3 aromatic rings. The van der Waals surface area contributed by atoms with Gasteiger partial charge in [0, 0.05) is 37.0 Å². The molecule has 0 unspecified atom stereocenters. The number of amides is 1. The van der Waals surface area contributed by atoms with Crippen LogP contribution in [0.2, 0.25) is 0 Å². The molecule has 2 heterocycles. The highest BCUT2D eigenvalue weighted by Gasteiger charge is 2.33. The third-order valence-electron chi connectivity index (χ3n) is 6.56. The smallest absolute Gasteiger partial charge is 0.266 e. The summed E-state index contributed by atoms with van der Waals surface area (Å²) in [7, 11) is 1.69. The second kappa shape index (κ2) is 11.5. The van der Waals surface area contributed by atoms with Gasteiger partial charge >= 0.3 is 0 Å². The summed E-state index contributed by atoms with van der Waals surface area (Å²) < 4.78 is 5.74. The van der Waals surface area contributed by atoms with Crippen LogP contribution >= 0.6 is 11.8 Å². The molecule has 5 rings (SSSR count). The molecule has 0 saturated carbocycles. The minimum atomic E-state index is -0.0206. The molecule has 2 saturated heterocycles. The molecule has 0 radical (unpaired) electrons. The minimum Gasteiger partial charge on any atom is -0.496 e. The predicted octanol–water partition coefficient (Wildman–Crippen LogP) is 6.53. The van der Waals surface area contributed by atoms with Gasteiger partial charge in [0.25, 0.3) is 5.91 Å². The van der Waals surface area contributed by atoms with Gasteiger partial charge in [0.05, 0.1) is 17.7 Å². The molecule has 0 N–H and O–H groups in total. The molecule has 0 bridgehead atoms. The maximum Gasteiger partial charge on any atom is 0.266 e. The van der Waals surface area contributed by atoms with Crippen molar-refractivity contribution in [1.29, 1.82) is 0 Å². The van der Waals surface area contributed by atoms with Crippen molar-refractivity contribution >= 4 is 40.3 Å². The molecule has 36 heavy (non-hydrogen) atoms. The van der Waals surface area contributed by atoms with Crippen LogP contribution in [0.25, 0.3) is 6.08 Å². The van der Waals surface area contributed by atoms with Crippen LogP contribution in [0.5, 0.6) is 5.75 Å². The first kappa shape index (κ1) is 24.2. The second-order valence-electron chi connectivity index (χ2n) is 9.01. The summed E-state index contributed by atoms with van der Waals surface area (Å²) in [5.74, 6) is 0.760. The van der Waals surface area contributed by atoms with Crippen LogP contribution in [0, 0.1) is 0 Å². The quantitative estimate of drug-likeness (QED) is 0.348. The van der Waals surface area contributed by atoms with Crippen LogP contribution in [0.1, 0.15) is 30.4 Å². The highest BCUT2D eigenvalue weighted by atomic mass is 32.2. The number of nitrogens with zero attached hydrogens (tertiary/aromatic N) is 3. The fourth-order valence-corrected chi connectivity index (χ4v) is 5.61. The van der Waals surface area contributed by atoms with Gasteiger partial charge in [0.2, 0.25) is 0 Å². The highest BCUT2D eigenvalue weighted by molar-refractivity contribution is 8.18. The standard InChI is InChI=1S/C30H31N3O2S/c1-35-27-22-26(32-18-9-4-10-19-32)16-15-24(27)21-28-29(34)33(20-17-23-11-5-2-6-12-23)30(36-28)31-25-13-7-3-8-14-25/h2-3,5-8,11-16,21-22H,4,9-10,17-20H2,1H3/b28-21-,31-30?. The molecule has 3 aromatic carbocycles. The number of hydrogen-bond acceptors (Lipinski definition) is 5. The van der Waals surface area contributed by atoms with Gasteiger partial charge in [0.15, 0.2) is 5.17 Å². The molecule has 0 aliphatic carbocycles. The Kier molecular flexibility index (Phi) is 7.72. The molecule has 184 valence electrons. The van der Waals surface area contributed by atoms with E-state index in [1.54, 1.807) is 12.0 Å². The fourth-order valence-electron chi connectivity index (χ4n) is 4.60. The van der Waals surface area contributed by atoms with E-state index >= 15 is 0 Å². The SMILES string of the molecule is COc1cc(N2CCCCC2)ccc1/C=C1\SC(=Nc2ccccc2)N(CCc2ccccc2)C1=O. The van der Waals surface area contributed by atoms with Crippen LogP contribution < -0.4 is 9.64 Å². The van der Waals surface area contributed by atoms with E-state index in [2.05, 4.69) is 35.2 Å². The van der Waals surface area contributed by atoms with Crippen molar-refractivity contribution < 1.29 is 9.53 Å². The Balaban J connectivity index is 1.43. The summed E-state index contributed by atoms with van der Waals surface area (Å²) in [5.41, 5.74) is 4.11. The van der Waals surface area contributed by atoms with Gasteiger partial charge in [-0.05, 0) is 73.4 Å². The summed E-state index contributed by atoms with van der Waals surface area (Å²) in [6, 6.07) is 26.3. The average molecular weight is 498 g/mol. The Hall–Kier alpha value is -3.51. The summed E-state index contributed by atoms with van der Waals surface area (Å²) in [5, 5.41) is 0.706. The van der Waals surface area contributed by atoms with Gasteiger partial charge in [0.1, 0.15) is 5.75 Å². The lowest BCUT2D eigenvalue weighted by Gasteiger charge is -2.29. The van der Waals surface area contributed by atoms with E-state index in [0.29, 0.717) is 16.6 Å². The Bertz CT molecular complexity index is 1250. The van der Waals surface area contributed by atoms with E-state index in [1.807, 2.05) is 54.6 Å². The molecule has 5 nitrogen and oxygen atoms in total. The Labute approximate surface area is 217 Å². The summed E-state index contributed by atoms with van der Waals surface area (Å²) in [6.45, 7) is 2.73. The number of methoxy groups -OCH3 is 1. The average Bonchev–Trinajstić information content (AvgIpc) is 3.22. The first-order chi connectivity index (χ1) is 17.7. The Morgan fingerprint density at radius 3 is 2.39 bits per heavy atom. The molecule has 6 heteroatoms. The first-order valence-corrected chi connectivity index (χ1v) is 13.3. The normalized spacial score (nSPS) is 18.3. The van der Waals surface area contributed by atoms with Crippen molar-refractivity contribution in [2.45, 2.75) is 25.7 Å². The van der Waals surface area contributed by atoms with Crippen LogP contribution in [-0.2, 0) is 11.2 Å². The summed E-state index contributed by atoms with van der Waals surface area (Å²) in [6.07, 6.45) is 6.45. The predicted molar refractivity (Wildman–Crippen MR) is 150 cm³/mol. The number of carbonyl (C=O) groups is 1. The van der Waals surface area contributed by atoms with Crippen LogP contribution in [-0.4, -0.2) is 42.7 Å². The Morgan fingerprint density at radius 2 is 1.67 bits per heavy atom. The lowest BCUT2D eigenvalue weighted by Crippen LogP contribution is -2.31. The fraction of sp³-hybridized carbons (Fsp3) is 0.267. The molecule has 2 fully saturated rings. The first-order valence-electron chi connectivity index (χ1n) is 12.5. The van der Waals surface area contributed by atoms with Crippen LogP contribution in [0.4, 0.5) is 11.4 Å². The third kappa shape index (κ3) is 5.65. The monoisotopic (exact) mass is 497 g/mol. The van der Waals surface area contributed by atoms with Crippen molar-refractivity contribution in [3.8, 4) is 5.75 Å². The number of anilines is 1. The van der Waals surface area contributed by atoms with E-state index in [9.17, 15) is 4.79 Å². The number of para-hydroxylation sites is 1. The molecule has 2 aliphatic rings. The van der Waals surface area contributed by atoms with Gasteiger partial charge < -0.3 is 9.64 Å². The zero-order chi connectivity index (χ0) is 24.7. The lowest BCUT2D eigenvalue weighted by molar-refractivity contribution is -0.122. The van der Waals surface area contributed by atoms with Crippen molar-refractivity contribution in [3.05, 3.63) is 94.9 Å². The molecule has 0 atom stereocenters. The maximum atomic E-state index is 13.6. The number of rotatable bonds is 7. The molecular weight excluding hydrogens is 466 g/mol. The molecule has 0 aromatic heterocycles. The van der Waals surface area contributed by atoms with Crippen molar-refractivity contribution in [1.82, 2.24) is 4.90 Å². The van der Waals surface area contributed by atoms with Gasteiger partial charge in [-0.1, -0.05) is 48.5 Å². The maximum absolute atomic E-state index is 13.6. The van der Waals surface area contributed by atoms with Gasteiger partial charge in [-0.3, -0.25) is 9.69 Å². The van der Waals surface area contributed by atoms with E-state index in [4.69, 9.17) is 9.73 Å². The highest BCUT2D eigenvalue weighted by Crippen LogP contribution is 2.37. The molecular formula is C30H31N3O2S. The zero-order valence-electron chi connectivity index (χ0n) is 20.6. The number of carbonyl (C=O) groups excluding carboxylic acids is 1. The topological polar surface area (TPSA) is 45.1 Å². The third-order valence-corrected chi connectivity index (χ3v) is 7.57. The minimum absolute atomic E-state index is 0.0206. The van der Waals surface area contributed by atoms with Crippen molar-refractivity contribution in [2.24, 2.45) is 4.99 Å². The summed E-state index contributed by atoms with van der Waals surface area (Å²) in [4.78, 5) is 23.2. The van der Waals surface area contributed by atoms with E-state index in [-0.39, 0.29) is 5.91 Å². The second-order valence-corrected chi connectivity index (χ2v) is 10.0. The van der Waals surface area contributed by atoms with E-state index in [0.717, 1.165) is 36.5 Å².